The number of anilines is 2. The molecule has 1 aromatic heterocycles. The van der Waals surface area contributed by atoms with Gasteiger partial charge in [-0.1, -0.05) is 6.07 Å². The Morgan fingerprint density at radius 2 is 2.12 bits per heavy atom. The van der Waals surface area contributed by atoms with Crippen LogP contribution in [0.4, 0.5) is 11.6 Å². The van der Waals surface area contributed by atoms with Gasteiger partial charge in [0.15, 0.2) is 0 Å². The highest BCUT2D eigenvalue weighted by atomic mass is 15.1. The summed E-state index contributed by atoms with van der Waals surface area (Å²) < 4.78 is 0. The van der Waals surface area contributed by atoms with Crippen LogP contribution in [0.5, 0.6) is 0 Å². The molecule has 2 rings (SSSR count). The zero-order chi connectivity index (χ0) is 11.2. The van der Waals surface area contributed by atoms with Gasteiger partial charge in [0, 0.05) is 6.54 Å². The molecule has 0 aromatic carbocycles. The van der Waals surface area contributed by atoms with Gasteiger partial charge < -0.3 is 16.0 Å². The molecule has 2 heterocycles. The monoisotopic (exact) mass is 220 g/mol. The first-order valence-corrected chi connectivity index (χ1v) is 6.03. The number of aromatic nitrogens is 1. The van der Waals surface area contributed by atoms with Crippen LogP contribution in [0.25, 0.3) is 0 Å². The van der Waals surface area contributed by atoms with Crippen molar-refractivity contribution in [3.8, 4) is 0 Å². The van der Waals surface area contributed by atoms with Crippen molar-refractivity contribution < 1.29 is 0 Å². The van der Waals surface area contributed by atoms with Gasteiger partial charge in [-0.2, -0.15) is 0 Å². The largest absolute Gasteiger partial charge is 0.384 e. The minimum absolute atomic E-state index is 0.574. The average molecular weight is 220 g/mol. The Morgan fingerprint density at radius 1 is 1.31 bits per heavy atom. The second-order valence-electron chi connectivity index (χ2n) is 4.28. The molecule has 4 heteroatoms. The summed E-state index contributed by atoms with van der Waals surface area (Å²) in [6, 6.07) is 5.67. The molecule has 3 N–H and O–H groups in total. The third-order valence-electron chi connectivity index (χ3n) is 2.93. The Morgan fingerprint density at radius 3 is 2.88 bits per heavy atom. The molecular weight excluding hydrogens is 200 g/mol. The third kappa shape index (κ3) is 3.38. The molecule has 0 unspecified atom stereocenters. The van der Waals surface area contributed by atoms with E-state index in [-0.39, 0.29) is 0 Å². The Kier molecular flexibility index (Phi) is 3.99. The molecule has 1 aliphatic heterocycles. The molecule has 1 aromatic rings. The van der Waals surface area contributed by atoms with Crippen molar-refractivity contribution in [1.82, 2.24) is 9.88 Å². The predicted molar refractivity (Wildman–Crippen MR) is 67.4 cm³/mol. The highest BCUT2D eigenvalue weighted by Gasteiger charge is 2.09. The van der Waals surface area contributed by atoms with E-state index in [0.29, 0.717) is 5.82 Å². The number of hydrogen-bond acceptors (Lipinski definition) is 4. The quantitative estimate of drug-likeness (QED) is 0.739. The van der Waals surface area contributed by atoms with Crippen LogP contribution in [0, 0.1) is 0 Å². The minimum Gasteiger partial charge on any atom is -0.384 e. The van der Waals surface area contributed by atoms with Crippen LogP contribution >= 0.6 is 0 Å². The first-order valence-electron chi connectivity index (χ1n) is 6.03. The molecule has 0 aliphatic carbocycles. The van der Waals surface area contributed by atoms with Crippen molar-refractivity contribution in [3.05, 3.63) is 18.2 Å². The molecule has 0 spiro atoms. The van der Waals surface area contributed by atoms with E-state index in [2.05, 4.69) is 15.2 Å². The maximum Gasteiger partial charge on any atom is 0.128 e. The molecule has 88 valence electrons. The van der Waals surface area contributed by atoms with E-state index < -0.39 is 0 Å². The minimum atomic E-state index is 0.574. The summed E-state index contributed by atoms with van der Waals surface area (Å²) in [5, 5.41) is 3.29. The molecule has 0 saturated carbocycles. The molecule has 4 nitrogen and oxygen atoms in total. The molecule has 16 heavy (non-hydrogen) atoms. The van der Waals surface area contributed by atoms with Crippen LogP contribution in [0.3, 0.4) is 0 Å². The molecular formula is C12H20N4. The van der Waals surface area contributed by atoms with Crippen molar-refractivity contribution in [2.24, 2.45) is 0 Å². The summed E-state index contributed by atoms with van der Waals surface area (Å²) in [5.41, 5.74) is 5.60. The molecule has 1 aliphatic rings. The van der Waals surface area contributed by atoms with Crippen molar-refractivity contribution in [2.45, 2.75) is 19.3 Å². The van der Waals surface area contributed by atoms with Crippen LogP contribution in [0.15, 0.2) is 18.2 Å². The molecule has 0 radical (unpaired) electrons. The Labute approximate surface area is 96.8 Å². The van der Waals surface area contributed by atoms with Gasteiger partial charge in [0.05, 0.1) is 0 Å². The molecule has 1 saturated heterocycles. The lowest BCUT2D eigenvalue weighted by molar-refractivity contribution is 0.337. The van der Waals surface area contributed by atoms with Gasteiger partial charge in [-0.05, 0) is 51.0 Å². The maximum atomic E-state index is 5.60. The van der Waals surface area contributed by atoms with E-state index in [0.717, 1.165) is 18.8 Å². The van der Waals surface area contributed by atoms with Crippen LogP contribution < -0.4 is 11.1 Å². The van der Waals surface area contributed by atoms with E-state index in [9.17, 15) is 0 Å². The molecule has 0 bridgehead atoms. The van der Waals surface area contributed by atoms with Gasteiger partial charge in [-0.3, -0.25) is 0 Å². The molecule has 0 atom stereocenters. The number of pyridine rings is 1. The highest BCUT2D eigenvalue weighted by molar-refractivity contribution is 5.41. The topological polar surface area (TPSA) is 54.2 Å². The predicted octanol–water partition coefficient (Wildman–Crippen LogP) is 1.56. The average Bonchev–Trinajstić information content (AvgIpc) is 2.77. The van der Waals surface area contributed by atoms with Crippen molar-refractivity contribution in [3.63, 3.8) is 0 Å². The number of nitrogens with two attached hydrogens (primary N) is 1. The van der Waals surface area contributed by atoms with E-state index in [1.54, 1.807) is 6.07 Å². The standard InChI is InChI=1S/C12H20N4/c13-11-5-3-6-12(15-11)14-7-4-10-16-8-1-2-9-16/h3,5-6H,1-2,4,7-10H2,(H3,13,14,15). The maximum absolute atomic E-state index is 5.60. The number of rotatable bonds is 5. The smallest absolute Gasteiger partial charge is 0.128 e. The molecule has 0 amide bonds. The number of nitrogens with one attached hydrogen (secondary N) is 1. The fourth-order valence-electron chi connectivity index (χ4n) is 2.08. The van der Waals surface area contributed by atoms with E-state index in [4.69, 9.17) is 5.73 Å². The van der Waals surface area contributed by atoms with Gasteiger partial charge in [0.1, 0.15) is 11.6 Å². The Bertz CT molecular complexity index is 321. The third-order valence-corrected chi connectivity index (χ3v) is 2.93. The summed E-state index contributed by atoms with van der Waals surface area (Å²) in [6.07, 6.45) is 3.89. The lowest BCUT2D eigenvalue weighted by Gasteiger charge is -2.14. The number of nitrogens with zero attached hydrogens (tertiary/aromatic N) is 2. The lowest BCUT2D eigenvalue weighted by Crippen LogP contribution is -2.22. The van der Waals surface area contributed by atoms with Crippen LogP contribution in [-0.4, -0.2) is 36.1 Å². The van der Waals surface area contributed by atoms with Crippen molar-refractivity contribution in [2.75, 3.05) is 37.2 Å². The number of hydrogen-bond donors (Lipinski definition) is 2. The number of likely N-dealkylation sites (tertiary alicyclic amines) is 1. The van der Waals surface area contributed by atoms with E-state index in [1.165, 1.54) is 32.5 Å². The first-order chi connectivity index (χ1) is 7.84. The number of nitrogen functional groups attached to an aromatic ring is 1. The van der Waals surface area contributed by atoms with Crippen LogP contribution in [0.1, 0.15) is 19.3 Å². The van der Waals surface area contributed by atoms with E-state index in [1.807, 2.05) is 12.1 Å². The zero-order valence-electron chi connectivity index (χ0n) is 9.65. The second kappa shape index (κ2) is 5.70. The molecule has 1 fully saturated rings. The van der Waals surface area contributed by atoms with Gasteiger partial charge in [-0.15, -0.1) is 0 Å². The Hall–Kier alpha value is -1.29. The summed E-state index contributed by atoms with van der Waals surface area (Å²) in [4.78, 5) is 6.72. The van der Waals surface area contributed by atoms with Gasteiger partial charge >= 0.3 is 0 Å². The van der Waals surface area contributed by atoms with Crippen molar-refractivity contribution in [1.29, 1.82) is 0 Å². The van der Waals surface area contributed by atoms with Crippen LogP contribution in [-0.2, 0) is 0 Å². The SMILES string of the molecule is Nc1cccc(NCCCN2CCCC2)n1. The fraction of sp³-hybridized carbons (Fsp3) is 0.583. The highest BCUT2D eigenvalue weighted by Crippen LogP contribution is 2.08. The van der Waals surface area contributed by atoms with E-state index >= 15 is 0 Å². The summed E-state index contributed by atoms with van der Waals surface area (Å²) in [6.45, 7) is 4.70. The summed E-state index contributed by atoms with van der Waals surface area (Å²) >= 11 is 0. The Balaban J connectivity index is 1.64. The second-order valence-corrected chi connectivity index (χ2v) is 4.28. The van der Waals surface area contributed by atoms with Gasteiger partial charge in [-0.25, -0.2) is 4.98 Å². The normalized spacial score (nSPS) is 16.5. The van der Waals surface area contributed by atoms with Gasteiger partial charge in [0.25, 0.3) is 0 Å². The van der Waals surface area contributed by atoms with Gasteiger partial charge in [0.2, 0.25) is 0 Å². The fourth-order valence-corrected chi connectivity index (χ4v) is 2.08. The lowest BCUT2D eigenvalue weighted by atomic mass is 10.3. The van der Waals surface area contributed by atoms with Crippen molar-refractivity contribution >= 4 is 11.6 Å². The summed E-state index contributed by atoms with van der Waals surface area (Å²) in [5.74, 6) is 1.45. The first kappa shape index (κ1) is 11.2. The summed E-state index contributed by atoms with van der Waals surface area (Å²) in [7, 11) is 0. The zero-order valence-corrected chi connectivity index (χ0v) is 9.65. The van der Waals surface area contributed by atoms with Crippen LogP contribution in [0.2, 0.25) is 0 Å².